The topological polar surface area (TPSA) is 60.2 Å². The second kappa shape index (κ2) is 8.43. The number of thiophene rings is 1. The van der Waals surface area contributed by atoms with E-state index in [1.165, 1.54) is 23.3 Å². The van der Waals surface area contributed by atoms with E-state index in [9.17, 15) is 0 Å². The fourth-order valence-corrected chi connectivity index (χ4v) is 5.45. The first-order chi connectivity index (χ1) is 13.6. The van der Waals surface area contributed by atoms with Gasteiger partial charge in [-0.15, -0.1) is 11.3 Å². The molecule has 0 aliphatic carbocycles. The van der Waals surface area contributed by atoms with Crippen LogP contribution in [0.2, 0.25) is 0 Å². The molecule has 0 radical (unpaired) electrons. The van der Waals surface area contributed by atoms with E-state index in [1.54, 1.807) is 29.4 Å². The summed E-state index contributed by atoms with van der Waals surface area (Å²) in [7, 11) is 0. The summed E-state index contributed by atoms with van der Waals surface area (Å²) in [6.45, 7) is 7.87. The van der Waals surface area contributed by atoms with E-state index < -0.39 is 0 Å². The van der Waals surface area contributed by atoms with Crippen LogP contribution in [-0.2, 0) is 24.3 Å². The van der Waals surface area contributed by atoms with Crippen molar-refractivity contribution in [3.63, 3.8) is 0 Å². The number of thioether (sulfide) groups is 1. The maximum atomic E-state index is 6.16. The molecule has 4 rings (SSSR count). The van der Waals surface area contributed by atoms with Crippen molar-refractivity contribution in [2.24, 2.45) is 0 Å². The van der Waals surface area contributed by atoms with Crippen LogP contribution in [0.4, 0.5) is 5.82 Å². The molecule has 150 valence electrons. The highest BCUT2D eigenvalue weighted by atomic mass is 32.2. The van der Waals surface area contributed by atoms with Crippen LogP contribution in [0.3, 0.4) is 0 Å². The summed E-state index contributed by atoms with van der Waals surface area (Å²) in [4.78, 5) is 12.1. The Morgan fingerprint density at radius 1 is 1.32 bits per heavy atom. The van der Waals surface area contributed by atoms with Gasteiger partial charge in [-0.05, 0) is 37.5 Å². The molecular formula is C21H27N3O2S2. The van der Waals surface area contributed by atoms with Gasteiger partial charge in [0.05, 0.1) is 30.4 Å². The average molecular weight is 418 g/mol. The van der Waals surface area contributed by atoms with Crippen molar-refractivity contribution in [1.82, 2.24) is 9.97 Å². The molecule has 1 N–H and O–H groups in total. The third-order valence-electron chi connectivity index (χ3n) is 5.30. The number of nitrogens with one attached hydrogen (secondary N) is 1. The molecule has 3 aromatic heterocycles. The molecular weight excluding hydrogens is 390 g/mol. The number of aromatic nitrogens is 2. The fourth-order valence-electron chi connectivity index (χ4n) is 3.36. The van der Waals surface area contributed by atoms with Crippen molar-refractivity contribution in [1.29, 1.82) is 0 Å². The molecule has 28 heavy (non-hydrogen) atoms. The van der Waals surface area contributed by atoms with Crippen LogP contribution in [0.25, 0.3) is 10.2 Å². The Hall–Kier alpha value is -1.57. The van der Waals surface area contributed by atoms with Gasteiger partial charge in [0.2, 0.25) is 0 Å². The molecule has 1 atom stereocenters. The quantitative estimate of drug-likeness (QED) is 0.274. The summed E-state index contributed by atoms with van der Waals surface area (Å²) in [6, 6.07) is 3.89. The molecule has 1 aliphatic heterocycles. The fraction of sp³-hybridized carbons (Fsp3) is 0.524. The molecule has 1 aliphatic rings. The number of nitrogens with zero attached hydrogens (tertiary/aromatic N) is 2. The molecule has 0 amide bonds. The minimum atomic E-state index is -0.117. The standard InChI is InChI=1S/C21H27N3O2S2/c1-4-6-10-27-20-23-18(22-12-14-8-7-9-25-14)17-15-11-21(3,5-2)26-13-16(15)28-19(17)24-20/h7-9H,4-6,10-13H2,1-3H3,(H,22,23,24)/t21-/m1/s1. The number of unbranched alkanes of at least 4 members (excludes halogenated alkanes) is 1. The van der Waals surface area contributed by atoms with Crippen molar-refractivity contribution >= 4 is 39.1 Å². The zero-order valence-electron chi connectivity index (χ0n) is 16.7. The lowest BCUT2D eigenvalue weighted by atomic mass is 9.90. The largest absolute Gasteiger partial charge is 0.467 e. The highest BCUT2D eigenvalue weighted by molar-refractivity contribution is 7.99. The van der Waals surface area contributed by atoms with Crippen molar-refractivity contribution < 1.29 is 9.15 Å². The first-order valence-electron chi connectivity index (χ1n) is 9.97. The van der Waals surface area contributed by atoms with Gasteiger partial charge < -0.3 is 14.5 Å². The van der Waals surface area contributed by atoms with E-state index in [-0.39, 0.29) is 5.60 Å². The minimum Gasteiger partial charge on any atom is -0.467 e. The Kier molecular flexibility index (Phi) is 5.94. The molecule has 4 heterocycles. The maximum Gasteiger partial charge on any atom is 0.190 e. The Balaban J connectivity index is 1.72. The molecule has 0 spiro atoms. The number of rotatable bonds is 8. The molecule has 0 fully saturated rings. The second-order valence-electron chi connectivity index (χ2n) is 7.44. The van der Waals surface area contributed by atoms with Crippen molar-refractivity contribution in [2.45, 2.75) is 70.4 Å². The molecule has 3 aromatic rings. The summed E-state index contributed by atoms with van der Waals surface area (Å²) < 4.78 is 11.7. The van der Waals surface area contributed by atoms with Crippen LogP contribution in [0.15, 0.2) is 28.0 Å². The first kappa shape index (κ1) is 19.7. The zero-order valence-corrected chi connectivity index (χ0v) is 18.3. The minimum absolute atomic E-state index is 0.117. The van der Waals surface area contributed by atoms with Gasteiger partial charge in [-0.3, -0.25) is 0 Å². The van der Waals surface area contributed by atoms with Crippen molar-refractivity contribution in [3.8, 4) is 0 Å². The van der Waals surface area contributed by atoms with Crippen LogP contribution in [-0.4, -0.2) is 21.3 Å². The normalized spacial score (nSPS) is 19.1. The third kappa shape index (κ3) is 4.07. The molecule has 0 saturated heterocycles. The molecule has 7 heteroatoms. The molecule has 0 unspecified atom stereocenters. The van der Waals surface area contributed by atoms with Gasteiger partial charge >= 0.3 is 0 Å². The summed E-state index contributed by atoms with van der Waals surface area (Å²) in [5.74, 6) is 2.86. The predicted octanol–water partition coefficient (Wildman–Crippen LogP) is 6.03. The zero-order chi connectivity index (χ0) is 19.6. The number of hydrogen-bond donors (Lipinski definition) is 1. The Morgan fingerprint density at radius 3 is 2.96 bits per heavy atom. The maximum absolute atomic E-state index is 6.16. The molecule has 0 saturated carbocycles. The summed E-state index contributed by atoms with van der Waals surface area (Å²) in [6.07, 6.45) is 5.95. The summed E-state index contributed by atoms with van der Waals surface area (Å²) in [5, 5.41) is 5.52. The van der Waals surface area contributed by atoms with Crippen LogP contribution in [0, 0.1) is 0 Å². The van der Waals surface area contributed by atoms with Gasteiger partial charge in [0.1, 0.15) is 16.4 Å². The van der Waals surface area contributed by atoms with Gasteiger partial charge in [0.25, 0.3) is 0 Å². The first-order valence-corrected chi connectivity index (χ1v) is 11.8. The van der Waals surface area contributed by atoms with E-state index >= 15 is 0 Å². The Morgan fingerprint density at radius 2 is 2.21 bits per heavy atom. The van der Waals surface area contributed by atoms with Gasteiger partial charge in [0, 0.05) is 17.1 Å². The Bertz CT molecular complexity index is 939. The summed E-state index contributed by atoms with van der Waals surface area (Å²) >= 11 is 3.49. The summed E-state index contributed by atoms with van der Waals surface area (Å²) in [5.41, 5.74) is 1.23. The smallest absolute Gasteiger partial charge is 0.190 e. The van der Waals surface area contributed by atoms with Gasteiger partial charge in [-0.25, -0.2) is 9.97 Å². The number of anilines is 1. The van der Waals surface area contributed by atoms with Crippen LogP contribution in [0.5, 0.6) is 0 Å². The second-order valence-corrected chi connectivity index (χ2v) is 9.59. The number of furan rings is 1. The highest BCUT2D eigenvalue weighted by Crippen LogP contribution is 2.42. The Labute approximate surface area is 174 Å². The average Bonchev–Trinajstić information content (AvgIpc) is 3.33. The van der Waals surface area contributed by atoms with E-state index in [1.807, 2.05) is 12.1 Å². The molecule has 5 nitrogen and oxygen atoms in total. The lowest BCUT2D eigenvalue weighted by Crippen LogP contribution is -2.33. The van der Waals surface area contributed by atoms with Crippen LogP contribution >= 0.6 is 23.1 Å². The molecule has 0 aromatic carbocycles. The third-order valence-corrected chi connectivity index (χ3v) is 7.34. The lowest BCUT2D eigenvalue weighted by Gasteiger charge is -2.33. The van der Waals surface area contributed by atoms with Crippen LogP contribution in [0.1, 0.15) is 56.2 Å². The van der Waals surface area contributed by atoms with Crippen molar-refractivity contribution in [2.75, 3.05) is 11.1 Å². The van der Waals surface area contributed by atoms with Gasteiger partial charge in [-0.1, -0.05) is 32.0 Å². The van der Waals surface area contributed by atoms with Gasteiger partial charge in [0.15, 0.2) is 5.16 Å². The molecule has 0 bridgehead atoms. The monoisotopic (exact) mass is 417 g/mol. The number of ether oxygens (including phenoxy) is 1. The number of hydrogen-bond acceptors (Lipinski definition) is 7. The van der Waals surface area contributed by atoms with Crippen molar-refractivity contribution in [3.05, 3.63) is 34.6 Å². The highest BCUT2D eigenvalue weighted by Gasteiger charge is 2.33. The van der Waals surface area contributed by atoms with E-state index in [0.29, 0.717) is 13.2 Å². The van der Waals surface area contributed by atoms with E-state index in [2.05, 4.69) is 26.1 Å². The van der Waals surface area contributed by atoms with E-state index in [4.69, 9.17) is 19.1 Å². The SMILES string of the molecule is CCCCSc1nc(NCc2ccco2)c2c3c(sc2n1)CO[C@](C)(CC)C3. The number of fused-ring (bicyclic) bond motifs is 3. The van der Waals surface area contributed by atoms with E-state index in [0.717, 1.165) is 45.5 Å². The lowest BCUT2D eigenvalue weighted by molar-refractivity contribution is -0.0542. The predicted molar refractivity (Wildman–Crippen MR) is 116 cm³/mol. The van der Waals surface area contributed by atoms with Crippen LogP contribution < -0.4 is 5.32 Å². The van der Waals surface area contributed by atoms with Gasteiger partial charge in [-0.2, -0.15) is 0 Å².